The van der Waals surface area contributed by atoms with Gasteiger partial charge in [-0.1, -0.05) is 29.8 Å². The standard InChI is InChI=1S/C23H25N5O2S/c1-16-6-8-17(9-7-16)26-22(29)14-31-20-5-3-2-4-19(20)23(30)24-13-12-21-27-25-15-28(21)18-10-11-18/h2-9,15,18H,10-14H2,1H3,(H,24,30)(H,26,29). The molecule has 1 aromatic heterocycles. The van der Waals surface area contributed by atoms with Crippen LogP contribution < -0.4 is 10.6 Å². The molecule has 3 aromatic rings. The molecule has 2 amide bonds. The van der Waals surface area contributed by atoms with Crippen LogP contribution in [-0.4, -0.2) is 38.9 Å². The lowest BCUT2D eigenvalue weighted by Crippen LogP contribution is -2.27. The van der Waals surface area contributed by atoms with Crippen molar-refractivity contribution in [2.24, 2.45) is 0 Å². The molecule has 1 saturated carbocycles. The van der Waals surface area contributed by atoms with Gasteiger partial charge < -0.3 is 15.2 Å². The second-order valence-electron chi connectivity index (χ2n) is 7.59. The Bertz CT molecular complexity index is 1060. The first-order chi connectivity index (χ1) is 15.1. The summed E-state index contributed by atoms with van der Waals surface area (Å²) in [6, 6.07) is 15.5. The highest BCUT2D eigenvalue weighted by molar-refractivity contribution is 8.00. The summed E-state index contributed by atoms with van der Waals surface area (Å²) in [6.45, 7) is 2.48. The summed E-state index contributed by atoms with van der Waals surface area (Å²) in [4.78, 5) is 25.8. The zero-order valence-electron chi connectivity index (χ0n) is 17.4. The third kappa shape index (κ3) is 5.73. The van der Waals surface area contributed by atoms with Crippen molar-refractivity contribution in [1.29, 1.82) is 0 Å². The number of thioether (sulfide) groups is 1. The molecule has 7 nitrogen and oxygen atoms in total. The molecular weight excluding hydrogens is 410 g/mol. The maximum atomic E-state index is 12.7. The van der Waals surface area contributed by atoms with Gasteiger partial charge in [-0.2, -0.15) is 0 Å². The molecule has 0 aliphatic heterocycles. The lowest BCUT2D eigenvalue weighted by atomic mass is 10.2. The van der Waals surface area contributed by atoms with Gasteiger partial charge in [-0.15, -0.1) is 22.0 Å². The number of hydrogen-bond acceptors (Lipinski definition) is 5. The van der Waals surface area contributed by atoms with Gasteiger partial charge in [-0.05, 0) is 44.0 Å². The van der Waals surface area contributed by atoms with Gasteiger partial charge in [0.05, 0.1) is 11.3 Å². The van der Waals surface area contributed by atoms with E-state index in [2.05, 4.69) is 25.4 Å². The SMILES string of the molecule is Cc1ccc(NC(=O)CSc2ccccc2C(=O)NCCc2nncn2C2CC2)cc1. The van der Waals surface area contributed by atoms with Crippen LogP contribution in [0.25, 0.3) is 0 Å². The minimum atomic E-state index is -0.153. The Morgan fingerprint density at radius 2 is 1.90 bits per heavy atom. The van der Waals surface area contributed by atoms with Crippen LogP contribution >= 0.6 is 11.8 Å². The molecule has 1 aliphatic carbocycles. The molecule has 1 aliphatic rings. The quantitative estimate of drug-likeness (QED) is 0.501. The lowest BCUT2D eigenvalue weighted by Gasteiger charge is -2.11. The average molecular weight is 436 g/mol. The van der Waals surface area contributed by atoms with Crippen molar-refractivity contribution in [3.63, 3.8) is 0 Å². The number of aryl methyl sites for hydroxylation is 1. The zero-order chi connectivity index (χ0) is 21.6. The van der Waals surface area contributed by atoms with Gasteiger partial charge in [0.25, 0.3) is 5.91 Å². The summed E-state index contributed by atoms with van der Waals surface area (Å²) >= 11 is 1.35. The van der Waals surface area contributed by atoms with Crippen LogP contribution in [0.5, 0.6) is 0 Å². The van der Waals surface area contributed by atoms with Crippen LogP contribution in [0.3, 0.4) is 0 Å². The summed E-state index contributed by atoms with van der Waals surface area (Å²) in [5.74, 6) is 0.865. The monoisotopic (exact) mass is 435 g/mol. The van der Waals surface area contributed by atoms with Crippen LogP contribution in [0, 0.1) is 6.92 Å². The maximum absolute atomic E-state index is 12.7. The second-order valence-corrected chi connectivity index (χ2v) is 8.61. The molecule has 1 fully saturated rings. The van der Waals surface area contributed by atoms with Gasteiger partial charge in [-0.3, -0.25) is 9.59 Å². The molecule has 0 unspecified atom stereocenters. The molecule has 2 aromatic carbocycles. The van der Waals surface area contributed by atoms with E-state index in [0.717, 1.165) is 22.0 Å². The summed E-state index contributed by atoms with van der Waals surface area (Å²) in [6.07, 6.45) is 4.73. The third-order valence-electron chi connectivity index (χ3n) is 5.05. The van der Waals surface area contributed by atoms with E-state index < -0.39 is 0 Å². The molecule has 0 spiro atoms. The van der Waals surface area contributed by atoms with Gasteiger partial charge in [0.15, 0.2) is 0 Å². The summed E-state index contributed by atoms with van der Waals surface area (Å²) in [7, 11) is 0. The fraction of sp³-hybridized carbons (Fsp3) is 0.304. The van der Waals surface area contributed by atoms with E-state index in [1.54, 1.807) is 12.4 Å². The van der Waals surface area contributed by atoms with E-state index >= 15 is 0 Å². The summed E-state index contributed by atoms with van der Waals surface area (Å²) < 4.78 is 2.10. The van der Waals surface area contributed by atoms with Crippen molar-refractivity contribution in [2.75, 3.05) is 17.6 Å². The van der Waals surface area contributed by atoms with Crippen molar-refractivity contribution in [3.05, 3.63) is 71.8 Å². The predicted octanol–water partition coefficient (Wildman–Crippen LogP) is 3.62. The molecule has 4 rings (SSSR count). The fourth-order valence-electron chi connectivity index (χ4n) is 3.24. The van der Waals surface area contributed by atoms with Crippen LogP contribution in [0.2, 0.25) is 0 Å². The Hall–Kier alpha value is -3.13. The highest BCUT2D eigenvalue weighted by Gasteiger charge is 2.25. The van der Waals surface area contributed by atoms with E-state index in [1.165, 1.54) is 24.6 Å². The van der Waals surface area contributed by atoms with Crippen LogP contribution in [0.15, 0.2) is 59.8 Å². The molecule has 0 saturated heterocycles. The van der Waals surface area contributed by atoms with Crippen LogP contribution in [-0.2, 0) is 11.2 Å². The Balaban J connectivity index is 1.29. The van der Waals surface area contributed by atoms with Gasteiger partial charge in [0, 0.05) is 29.6 Å². The Morgan fingerprint density at radius 3 is 2.68 bits per heavy atom. The number of aromatic nitrogens is 3. The number of nitrogens with one attached hydrogen (secondary N) is 2. The van der Waals surface area contributed by atoms with E-state index in [1.807, 2.05) is 49.4 Å². The number of rotatable bonds is 9. The molecule has 31 heavy (non-hydrogen) atoms. The first-order valence-corrected chi connectivity index (χ1v) is 11.3. The number of anilines is 1. The van der Waals surface area contributed by atoms with E-state index in [-0.39, 0.29) is 17.6 Å². The lowest BCUT2D eigenvalue weighted by molar-refractivity contribution is -0.113. The smallest absolute Gasteiger partial charge is 0.252 e. The molecule has 0 radical (unpaired) electrons. The van der Waals surface area contributed by atoms with Crippen LogP contribution in [0.4, 0.5) is 5.69 Å². The number of nitrogens with zero attached hydrogens (tertiary/aromatic N) is 3. The molecule has 0 atom stereocenters. The van der Waals surface area contributed by atoms with E-state index in [0.29, 0.717) is 24.6 Å². The molecular formula is C23H25N5O2S. The molecule has 160 valence electrons. The van der Waals surface area contributed by atoms with Crippen molar-refractivity contribution in [2.45, 2.75) is 37.1 Å². The Morgan fingerprint density at radius 1 is 1.13 bits per heavy atom. The Labute approximate surface area is 185 Å². The fourth-order valence-corrected chi connectivity index (χ4v) is 4.09. The minimum Gasteiger partial charge on any atom is -0.352 e. The predicted molar refractivity (Wildman–Crippen MR) is 121 cm³/mol. The number of amides is 2. The van der Waals surface area contributed by atoms with Gasteiger partial charge >= 0.3 is 0 Å². The maximum Gasteiger partial charge on any atom is 0.252 e. The van der Waals surface area contributed by atoms with E-state index in [4.69, 9.17) is 0 Å². The van der Waals surface area contributed by atoms with Gasteiger partial charge in [-0.25, -0.2) is 0 Å². The van der Waals surface area contributed by atoms with Crippen LogP contribution in [0.1, 0.15) is 40.6 Å². The zero-order valence-corrected chi connectivity index (χ0v) is 18.2. The molecule has 1 heterocycles. The van der Waals surface area contributed by atoms with Gasteiger partial charge in [0.2, 0.25) is 5.91 Å². The second kappa shape index (κ2) is 9.78. The largest absolute Gasteiger partial charge is 0.352 e. The first kappa shape index (κ1) is 21.1. The van der Waals surface area contributed by atoms with Crippen molar-refractivity contribution >= 4 is 29.3 Å². The van der Waals surface area contributed by atoms with E-state index in [9.17, 15) is 9.59 Å². The summed E-state index contributed by atoms with van der Waals surface area (Å²) in [5.41, 5.74) is 2.47. The minimum absolute atomic E-state index is 0.108. The molecule has 8 heteroatoms. The van der Waals surface area contributed by atoms with Crippen molar-refractivity contribution in [1.82, 2.24) is 20.1 Å². The highest BCUT2D eigenvalue weighted by Crippen LogP contribution is 2.35. The Kier molecular flexibility index (Phi) is 6.66. The first-order valence-electron chi connectivity index (χ1n) is 10.3. The number of hydrogen-bond donors (Lipinski definition) is 2. The third-order valence-corrected chi connectivity index (χ3v) is 6.12. The highest BCUT2D eigenvalue weighted by atomic mass is 32.2. The normalized spacial score (nSPS) is 13.1. The number of benzene rings is 2. The number of carbonyl (C=O) groups is 2. The number of carbonyl (C=O) groups excluding carboxylic acids is 2. The molecule has 2 N–H and O–H groups in total. The van der Waals surface area contributed by atoms with Crippen molar-refractivity contribution in [3.8, 4) is 0 Å². The molecule has 0 bridgehead atoms. The average Bonchev–Trinajstić information content (AvgIpc) is 3.52. The van der Waals surface area contributed by atoms with Crippen molar-refractivity contribution < 1.29 is 9.59 Å². The topological polar surface area (TPSA) is 88.9 Å². The summed E-state index contributed by atoms with van der Waals surface area (Å²) in [5, 5.41) is 14.0. The van der Waals surface area contributed by atoms with Gasteiger partial charge in [0.1, 0.15) is 12.2 Å².